The first-order valence-corrected chi connectivity index (χ1v) is 56.2. The van der Waals surface area contributed by atoms with E-state index in [1.54, 1.807) is 0 Å². The summed E-state index contributed by atoms with van der Waals surface area (Å²) in [6.45, 7) is 47.4. The van der Waals surface area contributed by atoms with Gasteiger partial charge in [0.15, 0.2) is 0 Å². The van der Waals surface area contributed by atoms with Crippen LogP contribution in [0.2, 0.25) is 0 Å². The van der Waals surface area contributed by atoms with Crippen LogP contribution in [0, 0.1) is 71.0 Å². The molecule has 0 aromatic heterocycles. The molecule has 12 aliphatic carbocycles. The summed E-state index contributed by atoms with van der Waals surface area (Å²) in [6.07, 6.45) is 106. The molecule has 0 radical (unpaired) electrons. The topological polar surface area (TPSA) is 96.2 Å². The van der Waals surface area contributed by atoms with Crippen LogP contribution in [0.3, 0.4) is 0 Å². The molecule has 0 aromatic rings. The van der Waals surface area contributed by atoms with E-state index in [0.717, 1.165) is 71.0 Å². The van der Waals surface area contributed by atoms with Gasteiger partial charge in [0.25, 0.3) is 0 Å². The lowest BCUT2D eigenvalue weighted by atomic mass is 10.1. The SMILES string of the molecule is CCC1CC1.CCC1CC1.CCCCCCC=CC1CC1.CCCCCCC=CC1CC1.CCCCCCNCC1CC1.CCCCCCNCC1CC1.CCCCCCNCC1CC1.CCCCCCNCC1CC1.CCCCCCNCC1CC1.CCCCCCNCC1CC1.CCCCCCNCC1CC1.CCCCCCNCC1CC1.S.S.S.S.S.S.S.S.S.S. The monoisotopic (exact) mass is 2030 g/mol. The fraction of sp³-hybridized carbons (Fsp3) is 0.964. The predicted octanol–water partition coefficient (Wildman–Crippen LogP) is 33.1. The smallest absolute Gasteiger partial charge is 0.00205 e. The number of hydrogen-bond acceptors (Lipinski definition) is 8. The molecule has 12 saturated carbocycles. The average Bonchev–Trinajstić information content (AvgIpc) is 1.81. The fourth-order valence-corrected chi connectivity index (χ4v) is 14.0. The molecule has 0 spiro atoms. The number of nitrogens with one attached hydrogen (secondary N) is 8. The Morgan fingerprint density at radius 1 is 0.154 bits per heavy atom. The first-order chi connectivity index (χ1) is 59.2. The van der Waals surface area contributed by atoms with Gasteiger partial charge in [-0.1, -0.05) is 339 Å². The zero-order chi connectivity index (χ0) is 86.8. The minimum absolute atomic E-state index is 0. The van der Waals surface area contributed by atoms with Crippen molar-refractivity contribution in [2.45, 2.75) is 520 Å². The number of rotatable bonds is 70. The molecule has 0 saturated heterocycles. The van der Waals surface area contributed by atoms with Crippen LogP contribution in [0.5, 0.6) is 0 Å². The second-order valence-corrected chi connectivity index (χ2v) is 40.6. The minimum atomic E-state index is 0. The molecule has 0 bridgehead atoms. The van der Waals surface area contributed by atoms with Crippen molar-refractivity contribution in [2.75, 3.05) is 105 Å². The Morgan fingerprint density at radius 3 is 0.385 bits per heavy atom. The standard InChI is InChI=1S/2C11H20.8C10H21N.2C5H10.10H2S/c2*1-2-3-4-5-6-7-8-11-9-10-11;8*1-2-3-4-5-8-11-9-10-6-7-10;2*1-2-5-3-4-5;;;;;;;;;;/h2*7-8,11H,2-6,9-10H2,1H3;8*10-11H,2-9H2,1H3;2*5H,2-4H2,1H3;10*1H2. The van der Waals surface area contributed by atoms with E-state index in [9.17, 15) is 0 Å². The van der Waals surface area contributed by atoms with Crippen LogP contribution in [-0.2, 0) is 0 Å². The highest BCUT2D eigenvalue weighted by molar-refractivity contribution is 7.60. The Bertz CT molecular complexity index is 1670. The van der Waals surface area contributed by atoms with E-state index in [1.165, 1.54) is 541 Å². The van der Waals surface area contributed by atoms with Crippen molar-refractivity contribution in [3.8, 4) is 0 Å². The minimum Gasteiger partial charge on any atom is -0.316 e. The summed E-state index contributed by atoms with van der Waals surface area (Å²) < 4.78 is 0. The molecule has 0 heterocycles. The molecular weight excluding hydrogens is 1780 g/mol. The van der Waals surface area contributed by atoms with E-state index in [-0.39, 0.29) is 135 Å². The van der Waals surface area contributed by atoms with Gasteiger partial charge in [-0.3, -0.25) is 0 Å². The molecule has 0 aromatic carbocycles. The van der Waals surface area contributed by atoms with Gasteiger partial charge in [0, 0.05) is 0 Å². The quantitative estimate of drug-likeness (QED) is 0.0226. The Morgan fingerprint density at radius 2 is 0.285 bits per heavy atom. The third-order valence-corrected chi connectivity index (χ3v) is 25.8. The van der Waals surface area contributed by atoms with Gasteiger partial charge in [-0.25, -0.2) is 0 Å². The van der Waals surface area contributed by atoms with Crippen LogP contribution in [0.1, 0.15) is 520 Å². The van der Waals surface area contributed by atoms with Crippen molar-refractivity contribution in [3.63, 3.8) is 0 Å². The van der Waals surface area contributed by atoms with Gasteiger partial charge in [-0.2, -0.15) is 135 Å². The van der Waals surface area contributed by atoms with Gasteiger partial charge in [0.1, 0.15) is 0 Å². The van der Waals surface area contributed by atoms with Crippen molar-refractivity contribution in [2.24, 2.45) is 71.0 Å². The van der Waals surface area contributed by atoms with Gasteiger partial charge < -0.3 is 42.5 Å². The molecule has 18 heteroatoms. The predicted molar refractivity (Wildman–Crippen MR) is 649 cm³/mol. The van der Waals surface area contributed by atoms with Gasteiger partial charge in [-0.05, 0) is 381 Å². The summed E-state index contributed by atoms with van der Waals surface area (Å²) in [5.74, 6) is 12.6. The van der Waals surface area contributed by atoms with Crippen LogP contribution < -0.4 is 42.5 Å². The van der Waals surface area contributed by atoms with Crippen molar-refractivity contribution in [1.29, 1.82) is 0 Å². The lowest BCUT2D eigenvalue weighted by Gasteiger charge is -2.01. The Balaban J connectivity index is -0.000000151. The summed E-state index contributed by atoms with van der Waals surface area (Å²) in [5.41, 5.74) is 0. The third-order valence-electron chi connectivity index (χ3n) is 25.8. The summed E-state index contributed by atoms with van der Waals surface area (Å²) in [5, 5.41) is 28.0. The second-order valence-electron chi connectivity index (χ2n) is 40.6. The zero-order valence-corrected chi connectivity index (χ0v) is 99.6. The van der Waals surface area contributed by atoms with E-state index < -0.39 is 0 Å². The molecule has 12 rings (SSSR count). The van der Waals surface area contributed by atoms with Crippen LogP contribution in [0.15, 0.2) is 24.3 Å². The second kappa shape index (κ2) is 124. The van der Waals surface area contributed by atoms with Gasteiger partial charge in [0.05, 0.1) is 0 Å². The van der Waals surface area contributed by atoms with Gasteiger partial charge >= 0.3 is 0 Å². The van der Waals surface area contributed by atoms with Crippen molar-refractivity contribution >= 4 is 135 Å². The molecular formula is C112H248N8S10. The molecule has 0 amide bonds. The molecule has 12 aliphatic rings. The van der Waals surface area contributed by atoms with E-state index in [2.05, 4.69) is 150 Å². The highest BCUT2D eigenvalue weighted by Crippen LogP contribution is 2.35. The van der Waals surface area contributed by atoms with E-state index in [1.807, 2.05) is 0 Å². The maximum Gasteiger partial charge on any atom is -0.00205 e. The normalized spacial score (nSPS) is 16.5. The van der Waals surface area contributed by atoms with Crippen LogP contribution in [0.25, 0.3) is 0 Å². The fourth-order valence-electron chi connectivity index (χ4n) is 14.0. The molecule has 0 aliphatic heterocycles. The van der Waals surface area contributed by atoms with E-state index in [0.29, 0.717) is 0 Å². The summed E-state index contributed by atoms with van der Waals surface area (Å²) in [7, 11) is 0. The molecule has 8 N–H and O–H groups in total. The Labute approximate surface area is 889 Å². The highest BCUT2D eigenvalue weighted by Gasteiger charge is 2.25. The number of unbranched alkanes of at least 4 members (excludes halogenated alkanes) is 32. The molecule has 12 fully saturated rings. The van der Waals surface area contributed by atoms with E-state index >= 15 is 0 Å². The molecule has 0 unspecified atom stereocenters. The highest BCUT2D eigenvalue weighted by atomic mass is 32.1. The summed E-state index contributed by atoms with van der Waals surface area (Å²) in [6, 6.07) is 0. The lowest BCUT2D eigenvalue weighted by molar-refractivity contribution is 0.579. The summed E-state index contributed by atoms with van der Waals surface area (Å²) in [4.78, 5) is 0. The van der Waals surface area contributed by atoms with Gasteiger partial charge in [-0.15, -0.1) is 0 Å². The molecule has 130 heavy (non-hydrogen) atoms. The number of allylic oxidation sites excluding steroid dienone is 4. The average molecular weight is 2030 g/mol. The van der Waals surface area contributed by atoms with Crippen molar-refractivity contribution < 1.29 is 0 Å². The first-order valence-electron chi connectivity index (χ1n) is 56.2. The zero-order valence-electron chi connectivity index (χ0n) is 89.6. The largest absolute Gasteiger partial charge is 0.316 e. The maximum atomic E-state index is 3.51. The molecule has 796 valence electrons. The van der Waals surface area contributed by atoms with Crippen LogP contribution in [-0.4, -0.2) is 105 Å². The molecule has 8 nitrogen and oxygen atoms in total. The Kier molecular flexibility index (Phi) is 146. The molecule has 0 atom stereocenters. The van der Waals surface area contributed by atoms with E-state index in [4.69, 9.17) is 0 Å². The summed E-state index contributed by atoms with van der Waals surface area (Å²) >= 11 is 0. The van der Waals surface area contributed by atoms with Crippen molar-refractivity contribution in [1.82, 2.24) is 42.5 Å². The third kappa shape index (κ3) is 146. The van der Waals surface area contributed by atoms with Crippen molar-refractivity contribution in [3.05, 3.63) is 24.3 Å². The first kappa shape index (κ1) is 153. The van der Waals surface area contributed by atoms with Crippen LogP contribution in [0.4, 0.5) is 0 Å². The maximum absolute atomic E-state index is 3.51. The Hall–Kier alpha value is 2.66. The number of hydrogen-bond donors (Lipinski definition) is 8. The lowest BCUT2D eigenvalue weighted by Crippen LogP contribution is -2.17. The van der Waals surface area contributed by atoms with Gasteiger partial charge in [0.2, 0.25) is 0 Å². The van der Waals surface area contributed by atoms with Crippen LogP contribution >= 0.6 is 135 Å².